The van der Waals surface area contributed by atoms with Gasteiger partial charge in [-0.2, -0.15) is 0 Å². The molecule has 0 amide bonds. The van der Waals surface area contributed by atoms with Crippen molar-refractivity contribution in [3.8, 4) is 0 Å². The first-order valence-electron chi connectivity index (χ1n) is 2.22. The molecule has 0 atom stereocenters. The molecule has 0 radical (unpaired) electrons. The Kier molecular flexibility index (Phi) is 4.91. The third-order valence-corrected chi connectivity index (χ3v) is 1.13. The van der Waals surface area contributed by atoms with Crippen LogP contribution in [0.3, 0.4) is 0 Å². The van der Waals surface area contributed by atoms with E-state index in [1.807, 2.05) is 0 Å². The Hall–Kier alpha value is -0.770. The van der Waals surface area contributed by atoms with E-state index < -0.39 is 5.97 Å². The number of carboxylic acid groups (broad SMARTS) is 1. The van der Waals surface area contributed by atoms with E-state index >= 15 is 0 Å². The predicted octanol–water partition coefficient (Wildman–Crippen LogP) is 0.517. The van der Waals surface area contributed by atoms with Crippen LogP contribution in [0.2, 0.25) is 0 Å². The smallest absolute Gasteiger partial charge is 0.328 e. The largest absolute Gasteiger partial charge is 0.478 e. The van der Waals surface area contributed by atoms with Crippen molar-refractivity contribution in [1.82, 2.24) is 0 Å². The summed E-state index contributed by atoms with van der Waals surface area (Å²) in [4.78, 5) is 19.4. The highest BCUT2D eigenvalue weighted by atomic mass is 32.2. The topological polar surface area (TPSA) is 54.4 Å². The quantitative estimate of drug-likeness (QED) is 0.357. The van der Waals surface area contributed by atoms with Gasteiger partial charge in [0.05, 0.1) is 5.75 Å². The molecule has 0 aliphatic carbocycles. The molecule has 0 aromatic carbocycles. The van der Waals surface area contributed by atoms with E-state index in [2.05, 4.69) is 0 Å². The summed E-state index contributed by atoms with van der Waals surface area (Å²) < 4.78 is 0. The number of aliphatic carboxylic acids is 1. The average molecular weight is 146 g/mol. The van der Waals surface area contributed by atoms with Crippen LogP contribution in [0, 0.1) is 0 Å². The number of hydrogen-bond donors (Lipinski definition) is 1. The van der Waals surface area contributed by atoms with Crippen LogP contribution in [-0.4, -0.2) is 23.1 Å². The number of hydrogen-bond acceptors (Lipinski definition) is 3. The molecule has 0 spiro atoms. The molecule has 0 rings (SSSR count). The number of thioether (sulfide) groups is 1. The van der Waals surface area contributed by atoms with Crippen LogP contribution in [0.5, 0.6) is 0 Å². The van der Waals surface area contributed by atoms with Gasteiger partial charge in [-0.3, -0.25) is 0 Å². The second-order valence-corrected chi connectivity index (χ2v) is 2.08. The highest BCUT2D eigenvalue weighted by Gasteiger charge is 1.83. The Morgan fingerprint density at radius 2 is 2.33 bits per heavy atom. The summed E-state index contributed by atoms with van der Waals surface area (Å²) in [5.74, 6) is -0.683. The lowest BCUT2D eigenvalue weighted by atomic mass is 10.7. The predicted molar refractivity (Wildman–Crippen MR) is 35.3 cm³/mol. The fourth-order valence-corrected chi connectivity index (χ4v) is 0.603. The summed E-state index contributed by atoms with van der Waals surface area (Å²) in [6.45, 7) is 0. The van der Waals surface area contributed by atoms with Gasteiger partial charge in [-0.15, -0.1) is 11.8 Å². The van der Waals surface area contributed by atoms with Gasteiger partial charge in [-0.25, -0.2) is 4.79 Å². The number of aldehydes is 1. The van der Waals surface area contributed by atoms with Crippen LogP contribution in [-0.2, 0) is 9.59 Å². The molecule has 0 fully saturated rings. The standard InChI is InChI=1S/C5H6O3S/c6-2-4-9-3-1-5(7)8/h1-3H,4H2,(H,7,8)/b3-1+. The van der Waals surface area contributed by atoms with Gasteiger partial charge in [0.15, 0.2) is 0 Å². The highest BCUT2D eigenvalue weighted by Crippen LogP contribution is 1.97. The van der Waals surface area contributed by atoms with Crippen molar-refractivity contribution in [2.75, 3.05) is 5.75 Å². The third kappa shape index (κ3) is 7.23. The lowest BCUT2D eigenvalue weighted by Crippen LogP contribution is -1.84. The van der Waals surface area contributed by atoms with Gasteiger partial charge in [-0.1, -0.05) is 0 Å². The maximum Gasteiger partial charge on any atom is 0.328 e. The van der Waals surface area contributed by atoms with Gasteiger partial charge in [0.25, 0.3) is 0 Å². The summed E-state index contributed by atoms with van der Waals surface area (Å²) in [6.07, 6.45) is 1.71. The van der Waals surface area contributed by atoms with Crippen molar-refractivity contribution in [2.24, 2.45) is 0 Å². The zero-order valence-corrected chi connectivity index (χ0v) is 5.43. The van der Waals surface area contributed by atoms with Crippen LogP contribution in [0.1, 0.15) is 0 Å². The zero-order valence-electron chi connectivity index (χ0n) is 4.61. The number of carboxylic acids is 1. The molecule has 0 saturated carbocycles. The number of rotatable bonds is 4. The van der Waals surface area contributed by atoms with Gasteiger partial charge in [0.2, 0.25) is 0 Å². The Labute approximate surface area is 56.7 Å². The second kappa shape index (κ2) is 5.37. The maximum absolute atomic E-state index is 9.77. The van der Waals surface area contributed by atoms with Crippen molar-refractivity contribution in [2.45, 2.75) is 0 Å². The Balaban J connectivity index is 3.24. The van der Waals surface area contributed by atoms with Crippen molar-refractivity contribution in [1.29, 1.82) is 0 Å². The maximum atomic E-state index is 9.77. The van der Waals surface area contributed by atoms with E-state index in [4.69, 9.17) is 5.11 Å². The molecule has 0 saturated heterocycles. The Bertz CT molecular complexity index is 130. The fourth-order valence-electron chi connectivity index (χ4n) is 0.201. The van der Waals surface area contributed by atoms with Crippen molar-refractivity contribution in [3.63, 3.8) is 0 Å². The molecule has 0 bridgehead atoms. The van der Waals surface area contributed by atoms with E-state index in [0.717, 1.165) is 24.1 Å². The molecule has 50 valence electrons. The molecule has 4 heteroatoms. The first-order valence-corrected chi connectivity index (χ1v) is 3.27. The van der Waals surface area contributed by atoms with Crippen LogP contribution in [0.4, 0.5) is 0 Å². The number of carbonyl (C=O) groups is 2. The first-order chi connectivity index (χ1) is 4.27. The molecule has 0 aromatic rings. The van der Waals surface area contributed by atoms with E-state index in [1.165, 1.54) is 5.41 Å². The fraction of sp³-hybridized carbons (Fsp3) is 0.200. The second-order valence-electron chi connectivity index (χ2n) is 1.14. The lowest BCUT2D eigenvalue weighted by Gasteiger charge is -1.79. The summed E-state index contributed by atoms with van der Waals surface area (Å²) in [6, 6.07) is 0. The average Bonchev–Trinajstić information content (AvgIpc) is 1.80. The minimum absolute atomic E-state index is 0.309. The van der Waals surface area contributed by atoms with Gasteiger partial charge in [0, 0.05) is 6.08 Å². The third-order valence-electron chi connectivity index (χ3n) is 0.471. The van der Waals surface area contributed by atoms with Crippen molar-refractivity contribution in [3.05, 3.63) is 11.5 Å². The molecular formula is C5H6O3S. The van der Waals surface area contributed by atoms with Crippen molar-refractivity contribution >= 4 is 24.0 Å². The van der Waals surface area contributed by atoms with Crippen LogP contribution >= 0.6 is 11.8 Å². The molecule has 3 nitrogen and oxygen atoms in total. The summed E-state index contributed by atoms with van der Waals surface area (Å²) >= 11 is 1.15. The molecule has 0 aromatic heterocycles. The molecule has 0 heterocycles. The Morgan fingerprint density at radius 1 is 1.67 bits per heavy atom. The van der Waals surface area contributed by atoms with Crippen molar-refractivity contribution < 1.29 is 14.7 Å². The summed E-state index contributed by atoms with van der Waals surface area (Å²) in [7, 11) is 0. The van der Waals surface area contributed by atoms with E-state index in [-0.39, 0.29) is 0 Å². The molecular weight excluding hydrogens is 140 g/mol. The van der Waals surface area contributed by atoms with E-state index in [1.54, 1.807) is 0 Å². The normalized spacial score (nSPS) is 9.78. The SMILES string of the molecule is O=CCS/C=C/C(=O)O. The zero-order chi connectivity index (χ0) is 7.11. The number of carbonyl (C=O) groups excluding carboxylic acids is 1. The van der Waals surface area contributed by atoms with Gasteiger partial charge >= 0.3 is 5.97 Å². The Morgan fingerprint density at radius 3 is 2.78 bits per heavy atom. The molecule has 0 unspecified atom stereocenters. The monoisotopic (exact) mass is 146 g/mol. The minimum atomic E-state index is -0.992. The first kappa shape index (κ1) is 8.23. The molecule has 1 N–H and O–H groups in total. The van der Waals surface area contributed by atoms with Gasteiger partial charge < -0.3 is 9.90 Å². The molecule has 0 aliphatic heterocycles. The molecule has 9 heavy (non-hydrogen) atoms. The van der Waals surface area contributed by atoms with Crippen LogP contribution in [0.15, 0.2) is 11.5 Å². The molecule has 0 aliphatic rings. The van der Waals surface area contributed by atoms with Gasteiger partial charge in [0.1, 0.15) is 6.29 Å². The minimum Gasteiger partial charge on any atom is -0.478 e. The highest BCUT2D eigenvalue weighted by molar-refractivity contribution is 8.02. The van der Waals surface area contributed by atoms with Crippen LogP contribution in [0.25, 0.3) is 0 Å². The van der Waals surface area contributed by atoms with Gasteiger partial charge in [-0.05, 0) is 5.41 Å². The summed E-state index contributed by atoms with van der Waals surface area (Å²) in [5, 5.41) is 9.40. The van der Waals surface area contributed by atoms with Crippen LogP contribution < -0.4 is 0 Å². The lowest BCUT2D eigenvalue weighted by molar-refractivity contribution is -0.131. The van der Waals surface area contributed by atoms with E-state index in [0.29, 0.717) is 5.75 Å². The summed E-state index contributed by atoms with van der Waals surface area (Å²) in [5.41, 5.74) is 0. The van der Waals surface area contributed by atoms with E-state index in [9.17, 15) is 9.59 Å².